The summed E-state index contributed by atoms with van der Waals surface area (Å²) in [5, 5.41) is 45.6. The molecule has 0 aromatic heterocycles. The maximum atomic E-state index is 13.3. The number of amides is 1. The Morgan fingerprint density at radius 1 is 1.20 bits per heavy atom. The van der Waals surface area contributed by atoms with Gasteiger partial charge in [-0.1, -0.05) is 25.5 Å². The fraction of sp³-hybridized carbons (Fsp3) is 0.690. The topological polar surface area (TPSA) is 190 Å². The van der Waals surface area contributed by atoms with E-state index in [0.29, 0.717) is 12.8 Å². The molecule has 0 bridgehead atoms. The number of Topliss-reactive ketones (excluding diaryl/α,β-unsaturated/α-hetero) is 1. The summed E-state index contributed by atoms with van der Waals surface area (Å²) in [7, 11) is 0. The third kappa shape index (κ3) is 5.03. The third-order valence-electron chi connectivity index (χ3n) is 10.1. The molecule has 3 fully saturated rings. The van der Waals surface area contributed by atoms with E-state index in [4.69, 9.17) is 4.74 Å². The van der Waals surface area contributed by atoms with Crippen LogP contribution in [0.25, 0.3) is 0 Å². The lowest BCUT2D eigenvalue weighted by Crippen LogP contribution is -2.61. The number of rotatable bonds is 9. The van der Waals surface area contributed by atoms with Crippen LogP contribution in [-0.2, 0) is 28.7 Å². The van der Waals surface area contributed by atoms with Gasteiger partial charge in [0.15, 0.2) is 12.4 Å². The monoisotopic (exact) mass is 560 g/mol. The largest absolute Gasteiger partial charge is 0.548 e. The Labute approximate surface area is 232 Å². The Morgan fingerprint density at radius 2 is 1.90 bits per heavy atom. The van der Waals surface area contributed by atoms with E-state index in [9.17, 15) is 44.4 Å². The number of aliphatic carboxylic acids is 1. The van der Waals surface area contributed by atoms with Gasteiger partial charge >= 0.3 is 5.97 Å². The number of esters is 1. The molecule has 0 heterocycles. The van der Waals surface area contributed by atoms with Crippen molar-refractivity contribution >= 4 is 29.4 Å². The minimum Gasteiger partial charge on any atom is -0.548 e. The van der Waals surface area contributed by atoms with Gasteiger partial charge in [-0.25, -0.2) is 0 Å². The van der Waals surface area contributed by atoms with Crippen LogP contribution in [0.15, 0.2) is 23.8 Å². The highest BCUT2D eigenvalue weighted by atomic mass is 16.5. The van der Waals surface area contributed by atoms with E-state index >= 15 is 0 Å². The number of carbonyl (C=O) groups excluding carboxylic acids is 5. The Balaban J connectivity index is 1.38. The van der Waals surface area contributed by atoms with Crippen molar-refractivity contribution in [3.63, 3.8) is 0 Å². The lowest BCUT2D eigenvalue weighted by atomic mass is 9.46. The molecular formula is C29H38NO10-. The van der Waals surface area contributed by atoms with Gasteiger partial charge in [0.05, 0.1) is 30.6 Å². The summed E-state index contributed by atoms with van der Waals surface area (Å²) in [5.41, 5.74) is -2.21. The summed E-state index contributed by atoms with van der Waals surface area (Å²) in [6, 6.07) is -1.63. The van der Waals surface area contributed by atoms with Gasteiger partial charge in [0.2, 0.25) is 11.7 Å². The minimum atomic E-state index is -1.81. The molecular weight excluding hydrogens is 522 g/mol. The molecule has 4 rings (SSSR count). The molecule has 4 aliphatic carbocycles. The van der Waals surface area contributed by atoms with Crippen molar-refractivity contribution in [3.05, 3.63) is 23.8 Å². The molecule has 220 valence electrons. The molecule has 9 atom stereocenters. The average Bonchev–Trinajstić information content (AvgIpc) is 3.15. The van der Waals surface area contributed by atoms with Crippen LogP contribution in [0, 0.1) is 28.6 Å². The number of carboxylic acids is 1. The van der Waals surface area contributed by atoms with Crippen LogP contribution >= 0.6 is 0 Å². The first-order chi connectivity index (χ1) is 18.6. The number of hydrogen-bond donors (Lipinski definition) is 4. The number of fused-ring (bicyclic) bond motifs is 5. The molecule has 0 unspecified atom stereocenters. The van der Waals surface area contributed by atoms with Gasteiger partial charge in [0.25, 0.3) is 0 Å². The van der Waals surface area contributed by atoms with Crippen molar-refractivity contribution in [3.8, 4) is 0 Å². The number of carboxylic acid groups (broad SMARTS) is 1. The van der Waals surface area contributed by atoms with E-state index in [2.05, 4.69) is 5.32 Å². The highest BCUT2D eigenvalue weighted by molar-refractivity contribution is 6.01. The van der Waals surface area contributed by atoms with Gasteiger partial charge in [0.1, 0.15) is 5.60 Å². The molecule has 1 amide bonds. The molecule has 40 heavy (non-hydrogen) atoms. The van der Waals surface area contributed by atoms with Gasteiger partial charge in [0, 0.05) is 23.2 Å². The van der Waals surface area contributed by atoms with Gasteiger partial charge in [-0.3, -0.25) is 19.2 Å². The van der Waals surface area contributed by atoms with Crippen LogP contribution in [0.3, 0.4) is 0 Å². The van der Waals surface area contributed by atoms with Gasteiger partial charge in [-0.05, 0) is 63.0 Å². The van der Waals surface area contributed by atoms with Crippen LogP contribution < -0.4 is 10.4 Å². The van der Waals surface area contributed by atoms with Gasteiger partial charge in [-0.15, -0.1) is 0 Å². The van der Waals surface area contributed by atoms with E-state index in [1.807, 2.05) is 19.9 Å². The fourth-order valence-corrected chi connectivity index (χ4v) is 7.96. The maximum Gasteiger partial charge on any atom is 0.306 e. The summed E-state index contributed by atoms with van der Waals surface area (Å²) >= 11 is 0. The van der Waals surface area contributed by atoms with Gasteiger partial charge < -0.3 is 35.3 Å². The van der Waals surface area contributed by atoms with Crippen molar-refractivity contribution in [2.24, 2.45) is 28.6 Å². The summed E-state index contributed by atoms with van der Waals surface area (Å²) in [5.74, 6) is -4.26. The first kappa shape index (κ1) is 30.1. The second kappa shape index (κ2) is 10.8. The Bertz CT molecular complexity index is 1160. The molecule has 0 radical (unpaired) electrons. The van der Waals surface area contributed by atoms with E-state index in [1.54, 1.807) is 12.2 Å². The highest BCUT2D eigenvalue weighted by Gasteiger charge is 2.68. The number of aliphatic hydroxyl groups is 3. The molecule has 0 saturated heterocycles. The third-order valence-corrected chi connectivity index (χ3v) is 10.1. The van der Waals surface area contributed by atoms with Crippen molar-refractivity contribution in [1.82, 2.24) is 5.32 Å². The van der Waals surface area contributed by atoms with E-state index < -0.39 is 77.8 Å². The average molecular weight is 561 g/mol. The van der Waals surface area contributed by atoms with Crippen molar-refractivity contribution in [1.29, 1.82) is 0 Å². The zero-order valence-electron chi connectivity index (χ0n) is 23.1. The quantitative estimate of drug-likeness (QED) is 0.268. The Kier molecular flexibility index (Phi) is 8.14. The number of carbonyl (C=O) groups is 5. The summed E-state index contributed by atoms with van der Waals surface area (Å²) in [6.07, 6.45) is 4.37. The van der Waals surface area contributed by atoms with E-state index in [0.717, 1.165) is 12.0 Å². The van der Waals surface area contributed by atoms with Crippen LogP contribution in [-0.4, -0.2) is 75.2 Å². The second-order valence-electron chi connectivity index (χ2n) is 12.3. The van der Waals surface area contributed by atoms with Crippen molar-refractivity contribution < 1.29 is 49.1 Å². The standard InChI is InChI=1S/C29H39NO10/c1-15(31)25(26(37)38)30-22(35)6-7-23(36)40-14-21(34)29(39)11-9-19-18-5-4-16-12-17(32)8-10-27(16,2)24(18)20(33)13-28(19,29)3/h8,10,12,15,18-20,24-25,31,33,39H,4-7,9,11,13-14H2,1-3H3,(H,30,35)(H,37,38)/p-1/t15-,18-,19-,20+,24+,25+,27-,28-,29+/m0/s1. The number of hydrogen-bond acceptors (Lipinski definition) is 10. The Hall–Kier alpha value is -2.89. The van der Waals surface area contributed by atoms with Crippen molar-refractivity contribution in [2.75, 3.05) is 6.61 Å². The van der Waals surface area contributed by atoms with Gasteiger partial charge in [-0.2, -0.15) is 0 Å². The lowest BCUT2D eigenvalue weighted by Gasteiger charge is -2.59. The van der Waals surface area contributed by atoms with Crippen LogP contribution in [0.1, 0.15) is 65.7 Å². The van der Waals surface area contributed by atoms with E-state index in [1.165, 1.54) is 6.92 Å². The normalized spacial score (nSPS) is 37.8. The molecule has 0 aliphatic heterocycles. The molecule has 0 aromatic carbocycles. The molecule has 0 aromatic rings. The Morgan fingerprint density at radius 3 is 2.55 bits per heavy atom. The first-order valence-corrected chi connectivity index (χ1v) is 13.9. The number of ether oxygens (including phenoxy) is 1. The molecule has 11 nitrogen and oxygen atoms in total. The summed E-state index contributed by atoms with van der Waals surface area (Å²) in [6.45, 7) is 4.33. The van der Waals surface area contributed by atoms with Crippen LogP contribution in [0.4, 0.5) is 0 Å². The minimum absolute atomic E-state index is 0.0307. The number of ketones is 2. The SMILES string of the molecule is C[C@H](O)[C@@H](NC(=O)CCC(=O)OCC(=O)[C@]1(O)CC[C@H]2[C@@H]3CCC4=CC(=O)C=C[C@]4(C)[C@H]3[C@H](O)C[C@@]21C)C(=O)[O-]. The second-order valence-corrected chi connectivity index (χ2v) is 12.3. The van der Waals surface area contributed by atoms with E-state index in [-0.39, 0.29) is 36.4 Å². The predicted molar refractivity (Wildman–Crippen MR) is 137 cm³/mol. The summed E-state index contributed by atoms with van der Waals surface area (Å²) in [4.78, 5) is 60.5. The fourth-order valence-electron chi connectivity index (χ4n) is 7.96. The lowest BCUT2D eigenvalue weighted by molar-refractivity contribution is -0.310. The predicted octanol–water partition coefficient (Wildman–Crippen LogP) is -0.496. The molecule has 3 saturated carbocycles. The van der Waals surface area contributed by atoms with Crippen molar-refractivity contribution in [2.45, 2.75) is 89.6 Å². The number of aliphatic hydroxyl groups excluding tert-OH is 2. The molecule has 4 aliphatic rings. The van der Waals surface area contributed by atoms with Crippen LogP contribution in [0.2, 0.25) is 0 Å². The molecule has 11 heteroatoms. The smallest absolute Gasteiger partial charge is 0.306 e. The highest BCUT2D eigenvalue weighted by Crippen LogP contribution is 2.67. The number of allylic oxidation sites excluding steroid dienone is 4. The zero-order valence-corrected chi connectivity index (χ0v) is 23.1. The summed E-state index contributed by atoms with van der Waals surface area (Å²) < 4.78 is 5.07. The molecule has 0 spiro atoms. The number of nitrogens with one attached hydrogen (secondary N) is 1. The maximum absolute atomic E-state index is 13.3. The molecule has 4 N–H and O–H groups in total. The van der Waals surface area contributed by atoms with Crippen LogP contribution in [0.5, 0.6) is 0 Å². The first-order valence-electron chi connectivity index (χ1n) is 13.9. The zero-order chi connectivity index (χ0) is 29.6.